The summed E-state index contributed by atoms with van der Waals surface area (Å²) in [6.07, 6.45) is 3.11. The van der Waals surface area contributed by atoms with Crippen molar-refractivity contribution in [3.63, 3.8) is 0 Å². The number of ether oxygens (including phenoxy) is 1. The van der Waals surface area contributed by atoms with E-state index in [0.717, 1.165) is 10.7 Å². The van der Waals surface area contributed by atoms with Crippen LogP contribution >= 0.6 is 23.1 Å². The molecule has 23 heavy (non-hydrogen) atoms. The molecule has 7 nitrogen and oxygen atoms in total. The van der Waals surface area contributed by atoms with Crippen molar-refractivity contribution in [1.29, 1.82) is 0 Å². The number of aromatic nitrogens is 2. The van der Waals surface area contributed by atoms with Crippen LogP contribution in [0.1, 0.15) is 26.5 Å². The second-order valence-corrected chi connectivity index (χ2v) is 7.78. The summed E-state index contributed by atoms with van der Waals surface area (Å²) in [5, 5.41) is 13.5. The molecule has 1 unspecified atom stereocenters. The fourth-order valence-corrected chi connectivity index (χ4v) is 3.40. The summed E-state index contributed by atoms with van der Waals surface area (Å²) in [4.78, 5) is 28.2. The first-order valence-electron chi connectivity index (χ1n) is 6.96. The van der Waals surface area contributed by atoms with Gasteiger partial charge in [0.15, 0.2) is 4.96 Å². The summed E-state index contributed by atoms with van der Waals surface area (Å²) in [7, 11) is 0. The van der Waals surface area contributed by atoms with Crippen LogP contribution < -0.4 is 5.32 Å². The predicted molar refractivity (Wildman–Crippen MR) is 90.0 cm³/mol. The van der Waals surface area contributed by atoms with Crippen LogP contribution in [0, 0.1) is 0 Å². The van der Waals surface area contributed by atoms with E-state index >= 15 is 0 Å². The first-order valence-corrected chi connectivity index (χ1v) is 8.99. The molecule has 0 fully saturated rings. The summed E-state index contributed by atoms with van der Waals surface area (Å²) < 4.78 is 7.00. The van der Waals surface area contributed by atoms with Gasteiger partial charge in [-0.05, 0) is 20.8 Å². The Morgan fingerprint density at radius 3 is 2.87 bits per heavy atom. The van der Waals surface area contributed by atoms with Gasteiger partial charge >= 0.3 is 12.1 Å². The highest BCUT2D eigenvalue weighted by Gasteiger charge is 2.24. The first-order chi connectivity index (χ1) is 10.7. The van der Waals surface area contributed by atoms with Crippen molar-refractivity contribution in [3.8, 4) is 0 Å². The number of imidazole rings is 1. The van der Waals surface area contributed by atoms with E-state index in [1.807, 2.05) is 22.2 Å². The van der Waals surface area contributed by atoms with E-state index in [4.69, 9.17) is 4.74 Å². The van der Waals surface area contributed by atoms with Crippen molar-refractivity contribution >= 4 is 40.1 Å². The maximum absolute atomic E-state index is 11.7. The average Bonchev–Trinajstić information content (AvgIpc) is 2.95. The maximum Gasteiger partial charge on any atom is 0.408 e. The largest absolute Gasteiger partial charge is 0.480 e. The fraction of sp³-hybridized carbons (Fsp3) is 0.500. The first kappa shape index (κ1) is 17.6. The highest BCUT2D eigenvalue weighted by Crippen LogP contribution is 2.17. The number of amides is 1. The quantitative estimate of drug-likeness (QED) is 0.825. The number of carbonyl (C=O) groups excluding carboxylic acids is 1. The standard InChI is InChI=1S/C14H19N3O4S2/c1-14(2,3)21-13(20)16-10(11(18)19)8-22-7-9-6-17-4-5-23-12(17)15-9/h4-6,10H,7-8H2,1-3H3,(H,16,20)(H,18,19). The topological polar surface area (TPSA) is 92.9 Å². The molecule has 0 spiro atoms. The molecule has 0 aliphatic rings. The van der Waals surface area contributed by atoms with Crippen LogP contribution in [0.15, 0.2) is 17.8 Å². The van der Waals surface area contributed by atoms with E-state index in [1.165, 1.54) is 11.8 Å². The molecule has 0 aliphatic heterocycles. The van der Waals surface area contributed by atoms with Gasteiger partial charge in [0.2, 0.25) is 0 Å². The third-order valence-electron chi connectivity index (χ3n) is 2.67. The summed E-state index contributed by atoms with van der Waals surface area (Å²) >= 11 is 2.94. The molecule has 0 aliphatic carbocycles. The van der Waals surface area contributed by atoms with Gasteiger partial charge in [0.1, 0.15) is 11.6 Å². The van der Waals surface area contributed by atoms with Gasteiger partial charge in [-0.3, -0.25) is 4.40 Å². The number of fused-ring (bicyclic) bond motifs is 1. The minimum absolute atomic E-state index is 0.236. The number of hydrogen-bond donors (Lipinski definition) is 2. The summed E-state index contributed by atoms with van der Waals surface area (Å²) in [6, 6.07) is -1.00. The Labute approximate surface area is 142 Å². The highest BCUT2D eigenvalue weighted by atomic mass is 32.2. The SMILES string of the molecule is CC(C)(C)OC(=O)NC(CSCc1cn2ccsc2n1)C(=O)O. The lowest BCUT2D eigenvalue weighted by atomic mass is 10.2. The van der Waals surface area contributed by atoms with E-state index in [-0.39, 0.29) is 5.75 Å². The Morgan fingerprint density at radius 1 is 1.52 bits per heavy atom. The molecule has 0 saturated heterocycles. The van der Waals surface area contributed by atoms with Crippen molar-refractivity contribution in [2.24, 2.45) is 0 Å². The molecule has 126 valence electrons. The van der Waals surface area contributed by atoms with Crippen LogP contribution in [0.25, 0.3) is 4.96 Å². The fourth-order valence-electron chi connectivity index (χ4n) is 1.75. The molecule has 1 atom stereocenters. The van der Waals surface area contributed by atoms with E-state index < -0.39 is 23.7 Å². The Kier molecular flexibility index (Phi) is 5.53. The van der Waals surface area contributed by atoms with Gasteiger partial charge in [-0.2, -0.15) is 11.8 Å². The molecule has 2 aromatic rings. The Balaban J connectivity index is 1.83. The van der Waals surface area contributed by atoms with Gasteiger partial charge in [-0.1, -0.05) is 0 Å². The van der Waals surface area contributed by atoms with Crippen molar-refractivity contribution in [2.45, 2.75) is 38.2 Å². The van der Waals surface area contributed by atoms with Crippen LogP contribution in [0.4, 0.5) is 4.79 Å². The second-order valence-electron chi connectivity index (χ2n) is 5.88. The van der Waals surface area contributed by atoms with E-state index in [9.17, 15) is 14.7 Å². The number of thioether (sulfide) groups is 1. The van der Waals surface area contributed by atoms with Gasteiger partial charge in [0.25, 0.3) is 0 Å². The van der Waals surface area contributed by atoms with Gasteiger partial charge in [0.05, 0.1) is 5.69 Å². The van der Waals surface area contributed by atoms with Crippen LogP contribution in [0.3, 0.4) is 0 Å². The third kappa shape index (κ3) is 5.43. The minimum atomic E-state index is -1.09. The Bertz CT molecular complexity index is 661. The molecule has 0 saturated carbocycles. The molecule has 9 heteroatoms. The summed E-state index contributed by atoms with van der Waals surface area (Å²) in [6.45, 7) is 5.17. The average molecular weight is 357 g/mol. The molecule has 0 bridgehead atoms. The molecule has 0 aromatic carbocycles. The second kappa shape index (κ2) is 7.22. The van der Waals surface area contributed by atoms with E-state index in [2.05, 4.69) is 10.3 Å². The lowest BCUT2D eigenvalue weighted by Crippen LogP contribution is -2.44. The number of alkyl carbamates (subject to hydrolysis) is 1. The normalized spacial score (nSPS) is 13.0. The van der Waals surface area contributed by atoms with Crippen LogP contribution in [0.5, 0.6) is 0 Å². The van der Waals surface area contributed by atoms with E-state index in [1.54, 1.807) is 32.1 Å². The third-order valence-corrected chi connectivity index (χ3v) is 4.51. The van der Waals surface area contributed by atoms with Gasteiger partial charge < -0.3 is 15.2 Å². The number of nitrogens with zero attached hydrogens (tertiary/aromatic N) is 2. The Morgan fingerprint density at radius 2 is 2.26 bits per heavy atom. The van der Waals surface area contributed by atoms with Crippen LogP contribution in [0.2, 0.25) is 0 Å². The molecule has 0 radical (unpaired) electrons. The lowest BCUT2D eigenvalue weighted by Gasteiger charge is -2.21. The lowest BCUT2D eigenvalue weighted by molar-refractivity contribution is -0.138. The maximum atomic E-state index is 11.7. The van der Waals surface area contributed by atoms with Crippen molar-refractivity contribution < 1.29 is 19.4 Å². The van der Waals surface area contributed by atoms with Crippen molar-refractivity contribution in [1.82, 2.24) is 14.7 Å². The zero-order valence-corrected chi connectivity index (χ0v) is 14.7. The van der Waals surface area contributed by atoms with Crippen molar-refractivity contribution in [3.05, 3.63) is 23.5 Å². The molecular weight excluding hydrogens is 338 g/mol. The van der Waals surface area contributed by atoms with Crippen LogP contribution in [-0.2, 0) is 15.3 Å². The smallest absolute Gasteiger partial charge is 0.408 e. The monoisotopic (exact) mass is 357 g/mol. The number of hydrogen-bond acceptors (Lipinski definition) is 6. The zero-order valence-electron chi connectivity index (χ0n) is 13.1. The van der Waals surface area contributed by atoms with Gasteiger partial charge in [-0.15, -0.1) is 11.3 Å². The molecule has 2 heterocycles. The van der Waals surface area contributed by atoms with Crippen molar-refractivity contribution in [2.75, 3.05) is 5.75 Å². The van der Waals surface area contributed by atoms with Crippen LogP contribution in [-0.4, -0.2) is 43.9 Å². The van der Waals surface area contributed by atoms with E-state index in [0.29, 0.717) is 5.75 Å². The van der Waals surface area contributed by atoms with Gasteiger partial charge in [0, 0.05) is 29.3 Å². The number of carbonyl (C=O) groups is 2. The summed E-state index contributed by atoms with van der Waals surface area (Å²) in [5.41, 5.74) is 0.214. The number of rotatable bonds is 6. The minimum Gasteiger partial charge on any atom is -0.480 e. The molecule has 2 rings (SSSR count). The number of aliphatic carboxylic acids is 1. The Hall–Kier alpha value is -1.74. The molecule has 2 aromatic heterocycles. The molecule has 2 N–H and O–H groups in total. The number of carboxylic acid groups (broad SMARTS) is 1. The summed E-state index contributed by atoms with van der Waals surface area (Å²) in [5.74, 6) is -0.275. The number of nitrogens with one attached hydrogen (secondary N) is 1. The van der Waals surface area contributed by atoms with Gasteiger partial charge in [-0.25, -0.2) is 14.6 Å². The molecule has 1 amide bonds. The number of carboxylic acids is 1. The molecular formula is C14H19N3O4S2. The zero-order chi connectivity index (χ0) is 17.0. The predicted octanol–water partition coefficient (Wildman–Crippen LogP) is 2.61. The number of thiazole rings is 1. The highest BCUT2D eigenvalue weighted by molar-refractivity contribution is 7.98.